The molecule has 0 aliphatic carbocycles. The van der Waals surface area contributed by atoms with Gasteiger partial charge in [0, 0.05) is 19.4 Å². The standard InChI is InChI=1S/C65H114O5/c1-4-7-10-13-16-19-22-25-28-30-32-34-36-39-42-45-48-51-54-57-60-68-61-63(70-65(67)59-56-53-50-47-44-41-37-27-24-21-18-15-12-9-6-3)62-69-64(66)58-55-52-49-46-43-40-38-35-33-31-29-26-23-20-17-14-11-8-5-2/h9,12,16,18-19,21,25-29,37,44,47,63H,4-8,10-11,13-15,17,20,22-24,30-36,38-43,45-46,48-62H2,1-3H3/b12-9-,19-16-,21-18-,28-25-,29-26-,37-27-,47-44-. The van der Waals surface area contributed by atoms with Crippen LogP contribution < -0.4 is 0 Å². The van der Waals surface area contributed by atoms with Gasteiger partial charge in [-0.1, -0.05) is 247 Å². The third kappa shape index (κ3) is 57.7. The topological polar surface area (TPSA) is 61.8 Å². The number of hydrogen-bond donors (Lipinski definition) is 0. The van der Waals surface area contributed by atoms with Gasteiger partial charge in [0.25, 0.3) is 0 Å². The van der Waals surface area contributed by atoms with Gasteiger partial charge in [-0.3, -0.25) is 9.59 Å². The van der Waals surface area contributed by atoms with Gasteiger partial charge in [0.15, 0.2) is 6.10 Å². The first kappa shape index (κ1) is 67.1. The molecule has 0 aromatic heterocycles. The van der Waals surface area contributed by atoms with E-state index in [1.54, 1.807) is 0 Å². The fraction of sp³-hybridized carbons (Fsp3) is 0.754. The van der Waals surface area contributed by atoms with Crippen LogP contribution >= 0.6 is 0 Å². The molecule has 0 aromatic carbocycles. The fourth-order valence-corrected chi connectivity index (χ4v) is 8.41. The number of rotatable bonds is 55. The molecule has 0 N–H and O–H groups in total. The van der Waals surface area contributed by atoms with E-state index in [-0.39, 0.29) is 25.2 Å². The fourth-order valence-electron chi connectivity index (χ4n) is 8.41. The number of allylic oxidation sites excluding steroid dienone is 14. The van der Waals surface area contributed by atoms with Crippen LogP contribution in [0.15, 0.2) is 85.1 Å². The van der Waals surface area contributed by atoms with Crippen LogP contribution in [0.1, 0.15) is 290 Å². The van der Waals surface area contributed by atoms with Crippen LogP contribution in [0.5, 0.6) is 0 Å². The Kier molecular flexibility index (Phi) is 57.9. The molecule has 0 amide bonds. The quantitative estimate of drug-likeness (QED) is 0.0345. The van der Waals surface area contributed by atoms with Crippen LogP contribution in [0.3, 0.4) is 0 Å². The number of carbonyl (C=O) groups is 2. The Bertz CT molecular complexity index is 1290. The molecule has 0 saturated heterocycles. The molecule has 0 fully saturated rings. The van der Waals surface area contributed by atoms with Gasteiger partial charge in [0.1, 0.15) is 6.61 Å². The van der Waals surface area contributed by atoms with Gasteiger partial charge in [-0.2, -0.15) is 0 Å². The molecule has 0 aliphatic heterocycles. The van der Waals surface area contributed by atoms with Crippen molar-refractivity contribution >= 4 is 11.9 Å². The van der Waals surface area contributed by atoms with Crippen molar-refractivity contribution in [2.75, 3.05) is 19.8 Å². The second kappa shape index (κ2) is 60.4. The molecule has 0 bridgehead atoms. The van der Waals surface area contributed by atoms with Crippen molar-refractivity contribution < 1.29 is 23.8 Å². The minimum atomic E-state index is -0.565. The summed E-state index contributed by atoms with van der Waals surface area (Å²) in [5.41, 5.74) is 0. The van der Waals surface area contributed by atoms with E-state index in [0.29, 0.717) is 19.4 Å². The minimum Gasteiger partial charge on any atom is -0.462 e. The lowest BCUT2D eigenvalue weighted by molar-refractivity contribution is -0.163. The van der Waals surface area contributed by atoms with Crippen molar-refractivity contribution in [1.82, 2.24) is 0 Å². The van der Waals surface area contributed by atoms with E-state index < -0.39 is 6.10 Å². The summed E-state index contributed by atoms with van der Waals surface area (Å²) in [7, 11) is 0. The summed E-state index contributed by atoms with van der Waals surface area (Å²) in [5.74, 6) is -0.442. The van der Waals surface area contributed by atoms with Crippen LogP contribution in [0, 0.1) is 0 Å². The highest BCUT2D eigenvalue weighted by Gasteiger charge is 2.17. The molecular weight excluding hydrogens is 861 g/mol. The van der Waals surface area contributed by atoms with Crippen LogP contribution in [0.25, 0.3) is 0 Å². The highest BCUT2D eigenvalue weighted by atomic mass is 16.6. The van der Waals surface area contributed by atoms with Gasteiger partial charge in [-0.05, 0) is 116 Å². The number of unbranched alkanes of at least 4 members (excludes halogenated alkanes) is 30. The average Bonchev–Trinajstić information content (AvgIpc) is 3.36. The highest BCUT2D eigenvalue weighted by molar-refractivity contribution is 5.70. The van der Waals surface area contributed by atoms with E-state index in [0.717, 1.165) is 77.0 Å². The SMILES string of the molecule is CC/C=C\C/C=C\C/C=C\C/C=C\CCCCC(=O)OC(COCCCCCCCCCCCC/C=C\C/C=C\CCCCC)COC(=O)CCCCCCCCCCC/C=C\CCCCCCCC. The molecular formula is C65H114O5. The third-order valence-electron chi connectivity index (χ3n) is 12.9. The molecule has 1 unspecified atom stereocenters. The molecule has 5 heteroatoms. The molecule has 70 heavy (non-hydrogen) atoms. The molecule has 0 aliphatic rings. The van der Waals surface area contributed by atoms with Crippen LogP contribution in [0.2, 0.25) is 0 Å². The number of esters is 2. The van der Waals surface area contributed by atoms with Crippen LogP contribution in [-0.4, -0.2) is 37.9 Å². The Morgan fingerprint density at radius 2 is 0.643 bits per heavy atom. The van der Waals surface area contributed by atoms with Gasteiger partial charge in [-0.15, -0.1) is 0 Å². The maximum atomic E-state index is 12.9. The minimum absolute atomic E-state index is 0.0645. The van der Waals surface area contributed by atoms with Crippen molar-refractivity contribution in [2.24, 2.45) is 0 Å². The largest absolute Gasteiger partial charge is 0.462 e. The third-order valence-corrected chi connectivity index (χ3v) is 12.9. The zero-order valence-electron chi connectivity index (χ0n) is 46.5. The lowest BCUT2D eigenvalue weighted by Crippen LogP contribution is -2.30. The maximum absolute atomic E-state index is 12.9. The molecule has 404 valence electrons. The summed E-state index contributed by atoms with van der Waals surface area (Å²) < 4.78 is 17.5. The predicted octanol–water partition coefficient (Wildman–Crippen LogP) is 20.8. The van der Waals surface area contributed by atoms with Crippen molar-refractivity contribution in [3.8, 4) is 0 Å². The Labute approximate surface area is 435 Å². The van der Waals surface area contributed by atoms with Gasteiger partial charge >= 0.3 is 11.9 Å². The lowest BCUT2D eigenvalue weighted by Gasteiger charge is -2.18. The van der Waals surface area contributed by atoms with Crippen molar-refractivity contribution in [3.63, 3.8) is 0 Å². The Balaban J connectivity index is 4.30. The smallest absolute Gasteiger partial charge is 0.306 e. The Morgan fingerprint density at radius 3 is 1.10 bits per heavy atom. The van der Waals surface area contributed by atoms with Crippen LogP contribution in [-0.2, 0) is 23.8 Å². The van der Waals surface area contributed by atoms with Crippen molar-refractivity contribution in [2.45, 2.75) is 297 Å². The molecule has 0 heterocycles. The van der Waals surface area contributed by atoms with Crippen molar-refractivity contribution in [3.05, 3.63) is 85.1 Å². The van der Waals surface area contributed by atoms with E-state index in [4.69, 9.17) is 14.2 Å². The zero-order chi connectivity index (χ0) is 50.6. The number of ether oxygens (including phenoxy) is 3. The summed E-state index contributed by atoms with van der Waals surface area (Å²) in [5, 5.41) is 0. The molecule has 0 aromatic rings. The highest BCUT2D eigenvalue weighted by Crippen LogP contribution is 2.15. The van der Waals surface area contributed by atoms with Gasteiger partial charge in [0.2, 0.25) is 0 Å². The first-order valence-electron chi connectivity index (χ1n) is 30.1. The molecule has 5 nitrogen and oxygen atoms in total. The Hall–Kier alpha value is -2.92. The van der Waals surface area contributed by atoms with E-state index in [1.165, 1.54) is 180 Å². The second-order valence-corrected chi connectivity index (χ2v) is 19.9. The van der Waals surface area contributed by atoms with E-state index in [9.17, 15) is 9.59 Å². The van der Waals surface area contributed by atoms with Crippen molar-refractivity contribution in [1.29, 1.82) is 0 Å². The maximum Gasteiger partial charge on any atom is 0.306 e. The first-order valence-corrected chi connectivity index (χ1v) is 30.1. The van der Waals surface area contributed by atoms with E-state index in [2.05, 4.69) is 106 Å². The van der Waals surface area contributed by atoms with Gasteiger partial charge < -0.3 is 14.2 Å². The van der Waals surface area contributed by atoms with E-state index in [1.807, 2.05) is 0 Å². The molecule has 1 atom stereocenters. The summed E-state index contributed by atoms with van der Waals surface area (Å²) in [6.45, 7) is 7.66. The van der Waals surface area contributed by atoms with Crippen LogP contribution in [0.4, 0.5) is 0 Å². The number of hydrogen-bond acceptors (Lipinski definition) is 5. The summed E-state index contributed by atoms with van der Waals surface area (Å²) in [6, 6.07) is 0. The van der Waals surface area contributed by atoms with E-state index >= 15 is 0 Å². The first-order chi connectivity index (χ1) is 34.6. The zero-order valence-corrected chi connectivity index (χ0v) is 46.5. The van der Waals surface area contributed by atoms with Gasteiger partial charge in [0.05, 0.1) is 6.61 Å². The molecule has 0 saturated carbocycles. The monoisotopic (exact) mass is 975 g/mol. The summed E-state index contributed by atoms with van der Waals surface area (Å²) in [4.78, 5) is 25.5. The predicted molar refractivity (Wildman–Crippen MR) is 307 cm³/mol. The molecule has 0 radical (unpaired) electrons. The Morgan fingerprint density at radius 1 is 0.329 bits per heavy atom. The molecule has 0 rings (SSSR count). The lowest BCUT2D eigenvalue weighted by atomic mass is 10.1. The normalized spacial score (nSPS) is 12.8. The summed E-state index contributed by atoms with van der Waals surface area (Å²) in [6.07, 6.45) is 80.4. The second-order valence-electron chi connectivity index (χ2n) is 19.9. The number of carbonyl (C=O) groups excluding carboxylic acids is 2. The summed E-state index contributed by atoms with van der Waals surface area (Å²) >= 11 is 0. The van der Waals surface area contributed by atoms with Gasteiger partial charge in [-0.25, -0.2) is 0 Å². The molecule has 0 spiro atoms. The average molecular weight is 976 g/mol.